The molecule has 2 atom stereocenters. The van der Waals surface area contributed by atoms with Crippen LogP contribution >= 0.6 is 12.4 Å². The van der Waals surface area contributed by atoms with Crippen molar-refractivity contribution in [2.75, 3.05) is 13.2 Å². The SMILES string of the molecule is CC(C)CC(C)(CN)NC(=O)C1COc2ccccc2C1.Cl. The number of carbonyl (C=O) groups excluding carboxylic acids is 1. The number of para-hydroxylation sites is 1. The monoisotopic (exact) mass is 326 g/mol. The van der Waals surface area contributed by atoms with Crippen LogP contribution in [0.2, 0.25) is 0 Å². The summed E-state index contributed by atoms with van der Waals surface area (Å²) in [6.45, 7) is 7.18. The van der Waals surface area contributed by atoms with E-state index < -0.39 is 0 Å². The zero-order valence-electron chi connectivity index (χ0n) is 13.6. The van der Waals surface area contributed by atoms with Gasteiger partial charge in [0.25, 0.3) is 0 Å². The first-order valence-corrected chi connectivity index (χ1v) is 7.66. The predicted molar refractivity (Wildman–Crippen MR) is 91.4 cm³/mol. The average Bonchev–Trinajstić information content (AvgIpc) is 2.45. The number of halogens is 1. The number of ether oxygens (including phenoxy) is 1. The summed E-state index contributed by atoms with van der Waals surface area (Å²) in [6.07, 6.45) is 1.60. The van der Waals surface area contributed by atoms with Gasteiger partial charge in [0.1, 0.15) is 12.4 Å². The summed E-state index contributed by atoms with van der Waals surface area (Å²) in [7, 11) is 0. The topological polar surface area (TPSA) is 64.3 Å². The van der Waals surface area contributed by atoms with Gasteiger partial charge in [0, 0.05) is 12.1 Å². The Morgan fingerprint density at radius 2 is 2.14 bits per heavy atom. The van der Waals surface area contributed by atoms with Crippen LogP contribution in [0.4, 0.5) is 0 Å². The van der Waals surface area contributed by atoms with Gasteiger partial charge in [-0.25, -0.2) is 0 Å². The number of carbonyl (C=O) groups is 1. The van der Waals surface area contributed by atoms with Gasteiger partial charge in [0.2, 0.25) is 5.91 Å². The van der Waals surface area contributed by atoms with Crippen molar-refractivity contribution in [2.24, 2.45) is 17.6 Å². The smallest absolute Gasteiger partial charge is 0.227 e. The van der Waals surface area contributed by atoms with Crippen molar-refractivity contribution in [3.63, 3.8) is 0 Å². The van der Waals surface area contributed by atoms with E-state index in [0.717, 1.165) is 24.2 Å². The van der Waals surface area contributed by atoms with Crippen LogP contribution in [0.5, 0.6) is 5.75 Å². The number of nitrogens with two attached hydrogens (primary N) is 1. The van der Waals surface area contributed by atoms with Crippen molar-refractivity contribution in [2.45, 2.75) is 39.2 Å². The highest BCUT2D eigenvalue weighted by Crippen LogP contribution is 2.27. The van der Waals surface area contributed by atoms with Gasteiger partial charge in [-0.1, -0.05) is 32.0 Å². The molecule has 0 radical (unpaired) electrons. The molecule has 3 N–H and O–H groups in total. The Morgan fingerprint density at radius 3 is 2.77 bits per heavy atom. The Hall–Kier alpha value is -1.26. The zero-order valence-corrected chi connectivity index (χ0v) is 14.4. The Labute approximate surface area is 139 Å². The summed E-state index contributed by atoms with van der Waals surface area (Å²) in [5, 5.41) is 3.13. The van der Waals surface area contributed by atoms with Crippen molar-refractivity contribution in [3.8, 4) is 5.75 Å². The molecule has 0 spiro atoms. The molecule has 1 amide bonds. The molecule has 4 nitrogen and oxygen atoms in total. The van der Waals surface area contributed by atoms with E-state index >= 15 is 0 Å². The Bertz CT molecular complexity index is 507. The largest absolute Gasteiger partial charge is 0.492 e. The highest BCUT2D eigenvalue weighted by Gasteiger charge is 2.31. The Morgan fingerprint density at radius 1 is 1.45 bits per heavy atom. The van der Waals surface area contributed by atoms with E-state index in [1.807, 2.05) is 31.2 Å². The molecule has 0 saturated carbocycles. The standard InChI is InChI=1S/C17H26N2O2.ClH/c1-12(2)9-17(3,11-18)19-16(20)14-8-13-6-4-5-7-15(13)21-10-14;/h4-7,12,14H,8-11,18H2,1-3H3,(H,19,20);1H. The Balaban J connectivity index is 0.00000242. The quantitative estimate of drug-likeness (QED) is 0.874. The van der Waals surface area contributed by atoms with Crippen LogP contribution in [0.1, 0.15) is 32.8 Å². The maximum Gasteiger partial charge on any atom is 0.227 e. The van der Waals surface area contributed by atoms with Gasteiger partial charge in [-0.2, -0.15) is 0 Å². The maximum absolute atomic E-state index is 12.5. The Kier molecular flexibility index (Phi) is 6.69. The highest BCUT2D eigenvalue weighted by molar-refractivity contribution is 5.85. The number of amides is 1. The van der Waals surface area contributed by atoms with E-state index in [1.54, 1.807) is 0 Å². The molecule has 1 aromatic rings. The van der Waals surface area contributed by atoms with Crippen molar-refractivity contribution in [3.05, 3.63) is 29.8 Å². The van der Waals surface area contributed by atoms with Gasteiger partial charge in [-0.3, -0.25) is 4.79 Å². The van der Waals surface area contributed by atoms with E-state index in [-0.39, 0.29) is 29.8 Å². The lowest BCUT2D eigenvalue weighted by molar-refractivity contribution is -0.128. The molecule has 124 valence electrons. The molecule has 22 heavy (non-hydrogen) atoms. The normalized spacial score (nSPS) is 19.4. The summed E-state index contributed by atoms with van der Waals surface area (Å²) in [5.41, 5.74) is 6.62. The molecule has 2 unspecified atom stereocenters. The highest BCUT2D eigenvalue weighted by atomic mass is 35.5. The van der Waals surface area contributed by atoms with E-state index in [0.29, 0.717) is 19.1 Å². The van der Waals surface area contributed by atoms with E-state index in [4.69, 9.17) is 10.5 Å². The number of fused-ring (bicyclic) bond motifs is 1. The van der Waals surface area contributed by atoms with Crippen LogP contribution in [-0.2, 0) is 11.2 Å². The molecule has 1 aromatic carbocycles. The molecule has 0 aromatic heterocycles. The third-order valence-corrected chi connectivity index (χ3v) is 3.98. The van der Waals surface area contributed by atoms with Gasteiger partial charge >= 0.3 is 0 Å². The molecule has 5 heteroatoms. The maximum atomic E-state index is 12.5. The second-order valence-electron chi connectivity index (χ2n) is 6.67. The summed E-state index contributed by atoms with van der Waals surface area (Å²) < 4.78 is 5.69. The van der Waals surface area contributed by atoms with Crippen LogP contribution < -0.4 is 15.8 Å². The minimum absolute atomic E-state index is 0. The van der Waals surface area contributed by atoms with E-state index in [1.165, 1.54) is 0 Å². The number of rotatable bonds is 5. The number of hydrogen-bond donors (Lipinski definition) is 2. The molecule has 0 bridgehead atoms. The van der Waals surface area contributed by atoms with Crippen molar-refractivity contribution < 1.29 is 9.53 Å². The third-order valence-electron chi connectivity index (χ3n) is 3.98. The first-order valence-electron chi connectivity index (χ1n) is 7.66. The van der Waals surface area contributed by atoms with E-state index in [2.05, 4.69) is 19.2 Å². The van der Waals surface area contributed by atoms with Gasteiger partial charge < -0.3 is 15.8 Å². The second-order valence-corrected chi connectivity index (χ2v) is 6.67. The molecular weight excluding hydrogens is 300 g/mol. The lowest BCUT2D eigenvalue weighted by atomic mass is 9.89. The first kappa shape index (κ1) is 18.8. The summed E-state index contributed by atoms with van der Waals surface area (Å²) in [6, 6.07) is 7.90. The fraction of sp³-hybridized carbons (Fsp3) is 0.588. The summed E-state index contributed by atoms with van der Waals surface area (Å²) in [4.78, 5) is 12.5. The van der Waals surface area contributed by atoms with Crippen molar-refractivity contribution in [1.29, 1.82) is 0 Å². The molecule has 1 heterocycles. The number of hydrogen-bond acceptors (Lipinski definition) is 3. The fourth-order valence-electron chi connectivity index (χ4n) is 2.98. The predicted octanol–water partition coefficient (Wildman–Crippen LogP) is 2.54. The minimum atomic E-state index is -0.345. The van der Waals surface area contributed by atoms with Gasteiger partial charge in [-0.15, -0.1) is 12.4 Å². The zero-order chi connectivity index (χ0) is 15.5. The molecule has 1 aliphatic heterocycles. The van der Waals surface area contributed by atoms with Crippen LogP contribution in [0.3, 0.4) is 0 Å². The van der Waals surface area contributed by atoms with E-state index in [9.17, 15) is 4.79 Å². The lowest BCUT2D eigenvalue weighted by Gasteiger charge is -2.34. The van der Waals surface area contributed by atoms with Gasteiger partial charge in [-0.05, 0) is 37.3 Å². The minimum Gasteiger partial charge on any atom is -0.492 e. The molecule has 1 aliphatic rings. The van der Waals surface area contributed by atoms with Crippen LogP contribution in [0, 0.1) is 11.8 Å². The number of nitrogens with one attached hydrogen (secondary N) is 1. The van der Waals surface area contributed by atoms with Gasteiger partial charge in [0.15, 0.2) is 0 Å². The molecule has 0 saturated heterocycles. The lowest BCUT2D eigenvalue weighted by Crippen LogP contribution is -2.54. The number of benzene rings is 1. The summed E-state index contributed by atoms with van der Waals surface area (Å²) in [5.74, 6) is 1.28. The van der Waals surface area contributed by atoms with Gasteiger partial charge in [0.05, 0.1) is 5.92 Å². The van der Waals surface area contributed by atoms with Crippen LogP contribution in [-0.4, -0.2) is 24.6 Å². The van der Waals surface area contributed by atoms with Crippen molar-refractivity contribution >= 4 is 18.3 Å². The molecule has 2 rings (SSSR count). The molecule has 0 fully saturated rings. The first-order chi connectivity index (χ1) is 9.93. The third kappa shape index (κ3) is 4.62. The molecule has 0 aliphatic carbocycles. The summed E-state index contributed by atoms with van der Waals surface area (Å²) >= 11 is 0. The van der Waals surface area contributed by atoms with Crippen molar-refractivity contribution in [1.82, 2.24) is 5.32 Å². The van der Waals surface area contributed by atoms with Crippen LogP contribution in [0.15, 0.2) is 24.3 Å². The van der Waals surface area contributed by atoms with Crippen LogP contribution in [0.25, 0.3) is 0 Å². The fourth-order valence-corrected chi connectivity index (χ4v) is 2.98. The average molecular weight is 327 g/mol. The molecular formula is C17H27ClN2O2. The second kappa shape index (κ2) is 7.84.